The second kappa shape index (κ2) is 4.88. The summed E-state index contributed by atoms with van der Waals surface area (Å²) >= 11 is 0. The molecule has 1 aliphatic heterocycles. The van der Waals surface area contributed by atoms with Crippen LogP contribution in [0.25, 0.3) is 0 Å². The molecular weight excluding hydrogens is 220 g/mol. The van der Waals surface area contributed by atoms with E-state index in [1.54, 1.807) is 5.57 Å². The summed E-state index contributed by atoms with van der Waals surface area (Å²) in [6.45, 7) is 2.04. The molecule has 3 aliphatic rings. The van der Waals surface area contributed by atoms with Crippen LogP contribution in [0.5, 0.6) is 0 Å². The van der Waals surface area contributed by atoms with Gasteiger partial charge in [-0.2, -0.15) is 0 Å². The van der Waals surface area contributed by atoms with Crippen molar-refractivity contribution in [2.75, 3.05) is 13.1 Å². The molecule has 3 rings (SSSR count). The second-order valence-corrected chi connectivity index (χ2v) is 6.78. The topological polar surface area (TPSA) is 38.0 Å². The number of rotatable bonds is 3. The first kappa shape index (κ1) is 12.5. The van der Waals surface area contributed by atoms with Crippen LogP contribution in [0, 0.1) is 10.8 Å². The first-order valence-corrected chi connectivity index (χ1v) is 7.96. The van der Waals surface area contributed by atoms with Crippen LogP contribution >= 0.6 is 0 Å². The van der Waals surface area contributed by atoms with Gasteiger partial charge >= 0.3 is 0 Å². The van der Waals surface area contributed by atoms with Crippen molar-refractivity contribution in [2.45, 2.75) is 64.2 Å². The number of hydrogen-bond donors (Lipinski definition) is 2. The molecule has 2 nitrogen and oxygen atoms in total. The third kappa shape index (κ3) is 1.89. The van der Waals surface area contributed by atoms with E-state index in [9.17, 15) is 0 Å². The first-order chi connectivity index (χ1) is 8.81. The first-order valence-electron chi connectivity index (χ1n) is 7.96. The summed E-state index contributed by atoms with van der Waals surface area (Å²) in [6, 6.07) is 0. The molecule has 1 heterocycles. The molecule has 0 bridgehead atoms. The Morgan fingerprint density at radius 2 is 1.67 bits per heavy atom. The highest BCUT2D eigenvalue weighted by molar-refractivity contribution is 5.28. The molecule has 2 fully saturated rings. The minimum atomic E-state index is 0.465. The molecule has 0 aromatic heterocycles. The van der Waals surface area contributed by atoms with Crippen LogP contribution in [-0.2, 0) is 0 Å². The Hall–Kier alpha value is -0.500. The fraction of sp³-hybridized carbons (Fsp3) is 0.875. The van der Waals surface area contributed by atoms with E-state index in [-0.39, 0.29) is 0 Å². The number of nitrogens with one attached hydrogen (secondary N) is 1. The van der Waals surface area contributed by atoms with Crippen LogP contribution in [0.2, 0.25) is 0 Å². The van der Waals surface area contributed by atoms with Gasteiger partial charge in [0.2, 0.25) is 0 Å². The van der Waals surface area contributed by atoms with Crippen molar-refractivity contribution in [3.63, 3.8) is 0 Å². The maximum absolute atomic E-state index is 5.94. The van der Waals surface area contributed by atoms with Gasteiger partial charge in [-0.05, 0) is 67.7 Å². The number of allylic oxidation sites excluding steroid dienone is 1. The summed E-state index contributed by atoms with van der Waals surface area (Å²) in [5, 5.41) is 3.54. The third-order valence-corrected chi connectivity index (χ3v) is 5.88. The van der Waals surface area contributed by atoms with E-state index in [0.29, 0.717) is 10.8 Å². The standard InChI is InChI=1S/C16H28N2/c17-11-9-15(5-1-2-6-15)14-13-18-12-10-16(14)7-3-4-8-16/h13,18H,1-12,17H2. The van der Waals surface area contributed by atoms with Crippen LogP contribution < -0.4 is 11.1 Å². The van der Waals surface area contributed by atoms with Gasteiger partial charge < -0.3 is 11.1 Å². The third-order valence-electron chi connectivity index (χ3n) is 5.88. The zero-order chi connectivity index (χ0) is 12.5. The van der Waals surface area contributed by atoms with E-state index in [2.05, 4.69) is 11.5 Å². The van der Waals surface area contributed by atoms with Gasteiger partial charge in [0.15, 0.2) is 0 Å². The lowest BCUT2D eigenvalue weighted by atomic mass is 9.61. The lowest BCUT2D eigenvalue weighted by Crippen LogP contribution is -2.39. The van der Waals surface area contributed by atoms with E-state index in [1.165, 1.54) is 70.8 Å². The van der Waals surface area contributed by atoms with Gasteiger partial charge in [0.1, 0.15) is 0 Å². The van der Waals surface area contributed by atoms with Crippen molar-refractivity contribution in [3.8, 4) is 0 Å². The summed E-state index contributed by atoms with van der Waals surface area (Å²) in [5.41, 5.74) is 8.74. The van der Waals surface area contributed by atoms with E-state index in [4.69, 9.17) is 5.73 Å². The minimum Gasteiger partial charge on any atom is -0.391 e. The van der Waals surface area contributed by atoms with Crippen molar-refractivity contribution < 1.29 is 0 Å². The Balaban J connectivity index is 1.93. The van der Waals surface area contributed by atoms with E-state index >= 15 is 0 Å². The van der Waals surface area contributed by atoms with Crippen molar-refractivity contribution in [2.24, 2.45) is 16.6 Å². The molecule has 2 aliphatic carbocycles. The maximum Gasteiger partial charge on any atom is 0.0149 e. The molecular formula is C16H28N2. The SMILES string of the molecule is NCCC1(C2=CNCCC23CCCC3)CCCC1. The normalized spacial score (nSPS) is 29.3. The molecule has 18 heavy (non-hydrogen) atoms. The number of nitrogens with two attached hydrogens (primary N) is 1. The fourth-order valence-electron chi connectivity index (χ4n) is 5.04. The highest BCUT2D eigenvalue weighted by Gasteiger charge is 2.48. The lowest BCUT2D eigenvalue weighted by molar-refractivity contribution is 0.208. The molecule has 0 saturated heterocycles. The van der Waals surface area contributed by atoms with Crippen LogP contribution in [0.15, 0.2) is 11.8 Å². The predicted molar refractivity (Wildman–Crippen MR) is 76.2 cm³/mol. The van der Waals surface area contributed by atoms with Crippen LogP contribution in [-0.4, -0.2) is 13.1 Å². The summed E-state index contributed by atoms with van der Waals surface area (Å²) in [4.78, 5) is 0. The second-order valence-electron chi connectivity index (χ2n) is 6.78. The van der Waals surface area contributed by atoms with Gasteiger partial charge in [0.05, 0.1) is 0 Å². The minimum absolute atomic E-state index is 0.465. The Morgan fingerprint density at radius 3 is 2.33 bits per heavy atom. The van der Waals surface area contributed by atoms with Gasteiger partial charge in [-0.15, -0.1) is 0 Å². The maximum atomic E-state index is 5.94. The Bertz CT molecular complexity index is 320. The van der Waals surface area contributed by atoms with Crippen molar-refractivity contribution in [3.05, 3.63) is 11.8 Å². The Kier molecular flexibility index (Phi) is 3.40. The highest BCUT2D eigenvalue weighted by atomic mass is 14.9. The monoisotopic (exact) mass is 248 g/mol. The zero-order valence-corrected chi connectivity index (χ0v) is 11.6. The fourth-order valence-corrected chi connectivity index (χ4v) is 5.04. The van der Waals surface area contributed by atoms with Crippen LogP contribution in [0.3, 0.4) is 0 Å². The van der Waals surface area contributed by atoms with E-state index in [1.807, 2.05) is 0 Å². The molecule has 2 heteroatoms. The molecule has 0 amide bonds. The lowest BCUT2D eigenvalue weighted by Gasteiger charge is -2.45. The molecule has 0 unspecified atom stereocenters. The van der Waals surface area contributed by atoms with Gasteiger partial charge in [-0.3, -0.25) is 0 Å². The summed E-state index contributed by atoms with van der Waals surface area (Å²) < 4.78 is 0. The Morgan fingerprint density at radius 1 is 1.00 bits per heavy atom. The quantitative estimate of drug-likeness (QED) is 0.804. The van der Waals surface area contributed by atoms with Crippen molar-refractivity contribution in [1.29, 1.82) is 0 Å². The van der Waals surface area contributed by atoms with Crippen molar-refractivity contribution >= 4 is 0 Å². The van der Waals surface area contributed by atoms with Crippen LogP contribution in [0.1, 0.15) is 64.2 Å². The molecule has 3 N–H and O–H groups in total. The molecule has 0 atom stereocenters. The Labute approximate surface area is 111 Å². The average molecular weight is 248 g/mol. The molecule has 0 radical (unpaired) electrons. The molecule has 0 aromatic rings. The molecule has 102 valence electrons. The molecule has 1 spiro atoms. The average Bonchev–Trinajstić information content (AvgIpc) is 3.02. The highest BCUT2D eigenvalue weighted by Crippen LogP contribution is 2.59. The molecule has 0 aromatic carbocycles. The number of hydrogen-bond acceptors (Lipinski definition) is 2. The van der Waals surface area contributed by atoms with Gasteiger partial charge in [0, 0.05) is 6.54 Å². The predicted octanol–water partition coefficient (Wildman–Crippen LogP) is 3.33. The van der Waals surface area contributed by atoms with Gasteiger partial charge in [-0.25, -0.2) is 0 Å². The van der Waals surface area contributed by atoms with Gasteiger partial charge in [-0.1, -0.05) is 25.7 Å². The molecule has 2 saturated carbocycles. The van der Waals surface area contributed by atoms with Crippen molar-refractivity contribution in [1.82, 2.24) is 5.32 Å². The summed E-state index contributed by atoms with van der Waals surface area (Å²) in [7, 11) is 0. The summed E-state index contributed by atoms with van der Waals surface area (Å²) in [5.74, 6) is 0. The van der Waals surface area contributed by atoms with E-state index < -0.39 is 0 Å². The largest absolute Gasteiger partial charge is 0.391 e. The van der Waals surface area contributed by atoms with Crippen LogP contribution in [0.4, 0.5) is 0 Å². The van der Waals surface area contributed by atoms with Gasteiger partial charge in [0.25, 0.3) is 0 Å². The zero-order valence-electron chi connectivity index (χ0n) is 11.6. The summed E-state index contributed by atoms with van der Waals surface area (Å²) in [6.07, 6.45) is 16.3. The smallest absolute Gasteiger partial charge is 0.0149 e. The van der Waals surface area contributed by atoms with E-state index in [0.717, 1.165) is 6.54 Å².